The molecule has 0 saturated heterocycles. The van der Waals surface area contributed by atoms with Crippen LogP contribution >= 0.6 is 0 Å². The van der Waals surface area contributed by atoms with Gasteiger partial charge in [0.2, 0.25) is 5.91 Å². The number of Topliss-reactive ketones (excluding diaryl/α,β-unsaturated/α-hetero) is 1. The summed E-state index contributed by atoms with van der Waals surface area (Å²) in [4.78, 5) is 27.4. The molecule has 6 nitrogen and oxygen atoms in total. The second-order valence-corrected chi connectivity index (χ2v) is 9.29. The lowest BCUT2D eigenvalue weighted by molar-refractivity contribution is -0.140. The zero-order valence-electron chi connectivity index (χ0n) is 18.7. The van der Waals surface area contributed by atoms with Gasteiger partial charge >= 0.3 is 0 Å². The van der Waals surface area contributed by atoms with Crippen molar-refractivity contribution >= 4 is 28.8 Å². The fourth-order valence-corrected chi connectivity index (χ4v) is 5.25. The third kappa shape index (κ3) is 2.88. The summed E-state index contributed by atoms with van der Waals surface area (Å²) >= 11 is 0. The largest absolute Gasteiger partial charge is 0.495 e. The molecule has 2 saturated carbocycles. The van der Waals surface area contributed by atoms with Crippen molar-refractivity contribution in [3.8, 4) is 5.75 Å². The Bertz CT molecular complexity index is 1080. The molecule has 2 bridgehead atoms. The van der Waals surface area contributed by atoms with E-state index in [9.17, 15) is 9.59 Å². The summed E-state index contributed by atoms with van der Waals surface area (Å²) < 4.78 is 5.41. The van der Waals surface area contributed by atoms with Crippen LogP contribution in [0, 0.1) is 23.2 Å². The van der Waals surface area contributed by atoms with Gasteiger partial charge in [-0.25, -0.2) is 0 Å². The maximum atomic E-state index is 13.7. The minimum atomic E-state index is -1.17. The second-order valence-electron chi connectivity index (χ2n) is 9.29. The number of carbonyl (C=O) groups excluding carboxylic acids is 2. The third-order valence-electron chi connectivity index (χ3n) is 7.63. The fraction of sp³-hybridized carbons (Fsp3) is 0.400. The predicted octanol–water partition coefficient (Wildman–Crippen LogP) is 4.81. The van der Waals surface area contributed by atoms with Gasteiger partial charge in [-0.15, -0.1) is 0 Å². The molecule has 2 fully saturated rings. The Balaban J connectivity index is 1.71. The molecule has 0 radical (unpaired) electrons. The van der Waals surface area contributed by atoms with Crippen LogP contribution in [0.3, 0.4) is 0 Å². The molecule has 2 atom stereocenters. The van der Waals surface area contributed by atoms with Gasteiger partial charge in [0.05, 0.1) is 18.5 Å². The summed E-state index contributed by atoms with van der Waals surface area (Å²) in [7, 11) is 1.57. The summed E-state index contributed by atoms with van der Waals surface area (Å²) in [6.07, 6.45) is 1.22. The van der Waals surface area contributed by atoms with Crippen molar-refractivity contribution < 1.29 is 14.3 Å². The minimum Gasteiger partial charge on any atom is -0.495 e. The summed E-state index contributed by atoms with van der Waals surface area (Å²) in [5, 5.41) is 7.52. The van der Waals surface area contributed by atoms with Gasteiger partial charge in [-0.1, -0.05) is 45.0 Å². The highest BCUT2D eigenvalue weighted by molar-refractivity contribution is 6.51. The van der Waals surface area contributed by atoms with Crippen molar-refractivity contribution in [2.24, 2.45) is 21.3 Å². The van der Waals surface area contributed by atoms with Crippen molar-refractivity contribution in [2.75, 3.05) is 17.9 Å². The Morgan fingerprint density at radius 1 is 1.06 bits per heavy atom. The molecule has 2 aromatic carbocycles. The van der Waals surface area contributed by atoms with Crippen LogP contribution < -0.4 is 15.5 Å². The molecule has 162 valence electrons. The number of fused-ring (bicyclic) bond motifs is 2. The summed E-state index contributed by atoms with van der Waals surface area (Å²) in [6.45, 7) is 8.02. The summed E-state index contributed by atoms with van der Waals surface area (Å²) in [5.74, 6) is 0.0813. The van der Waals surface area contributed by atoms with E-state index in [4.69, 9.17) is 4.74 Å². The maximum absolute atomic E-state index is 13.7. The number of carbonyl (C=O) groups is 2. The Labute approximate surface area is 183 Å². The van der Waals surface area contributed by atoms with Gasteiger partial charge in [0.25, 0.3) is 0 Å². The van der Waals surface area contributed by atoms with E-state index in [0.29, 0.717) is 23.6 Å². The number of hydrogen-bond acceptors (Lipinski definition) is 5. The normalized spacial score (nSPS) is 27.4. The van der Waals surface area contributed by atoms with Crippen LogP contribution in [0.2, 0.25) is 0 Å². The Hall–Kier alpha value is -3.15. The number of benzene rings is 2. The van der Waals surface area contributed by atoms with Gasteiger partial charge in [0.1, 0.15) is 16.9 Å². The molecular formula is C25H29N3O3. The van der Waals surface area contributed by atoms with Gasteiger partial charge in [-0.05, 0) is 55.0 Å². The van der Waals surface area contributed by atoms with Crippen LogP contribution in [-0.2, 0) is 9.59 Å². The van der Waals surface area contributed by atoms with E-state index in [1.807, 2.05) is 76.2 Å². The first-order valence-corrected chi connectivity index (χ1v) is 10.6. The predicted molar refractivity (Wildman–Crippen MR) is 122 cm³/mol. The topological polar surface area (TPSA) is 79.8 Å². The number of anilines is 2. The van der Waals surface area contributed by atoms with E-state index in [0.717, 1.165) is 17.7 Å². The number of ether oxygens (including phenoxy) is 1. The van der Waals surface area contributed by atoms with Crippen molar-refractivity contribution in [1.29, 1.82) is 0 Å². The number of rotatable bonds is 5. The van der Waals surface area contributed by atoms with E-state index < -0.39 is 16.2 Å². The van der Waals surface area contributed by atoms with Crippen molar-refractivity contribution in [3.63, 3.8) is 0 Å². The fourth-order valence-electron chi connectivity index (χ4n) is 5.25. The Morgan fingerprint density at radius 3 is 2.45 bits per heavy atom. The van der Waals surface area contributed by atoms with Crippen LogP contribution in [0.15, 0.2) is 53.6 Å². The second kappa shape index (κ2) is 7.22. The van der Waals surface area contributed by atoms with E-state index in [2.05, 4.69) is 15.8 Å². The van der Waals surface area contributed by atoms with Crippen molar-refractivity contribution in [2.45, 2.75) is 40.5 Å². The average molecular weight is 420 g/mol. The molecule has 2 unspecified atom stereocenters. The number of nitrogens with zero attached hydrogens (tertiary/aromatic N) is 1. The minimum absolute atomic E-state index is 0.196. The monoisotopic (exact) mass is 419 g/mol. The Kier molecular flexibility index (Phi) is 4.91. The Morgan fingerprint density at radius 2 is 1.77 bits per heavy atom. The molecule has 0 heterocycles. The van der Waals surface area contributed by atoms with Gasteiger partial charge < -0.3 is 10.1 Å². The molecule has 0 aromatic heterocycles. The zero-order chi connectivity index (χ0) is 22.4. The molecule has 0 spiro atoms. The summed E-state index contributed by atoms with van der Waals surface area (Å²) in [6, 6.07) is 15.1. The van der Waals surface area contributed by atoms with E-state index in [1.54, 1.807) is 7.11 Å². The van der Waals surface area contributed by atoms with Gasteiger partial charge in [-0.3, -0.25) is 15.0 Å². The maximum Gasteiger partial charge on any atom is 0.239 e. The van der Waals surface area contributed by atoms with Crippen molar-refractivity contribution in [3.05, 3.63) is 54.1 Å². The highest BCUT2D eigenvalue weighted by Crippen LogP contribution is 2.69. The smallest absolute Gasteiger partial charge is 0.239 e. The van der Waals surface area contributed by atoms with Crippen molar-refractivity contribution in [1.82, 2.24) is 0 Å². The molecule has 0 aliphatic heterocycles. The molecule has 4 rings (SSSR count). The van der Waals surface area contributed by atoms with Crippen LogP contribution in [-0.4, -0.2) is 24.5 Å². The number of ketones is 1. The van der Waals surface area contributed by atoms with Gasteiger partial charge in [-0.2, -0.15) is 5.10 Å². The zero-order valence-corrected chi connectivity index (χ0v) is 18.7. The van der Waals surface area contributed by atoms with E-state index in [-0.39, 0.29) is 11.7 Å². The first kappa shape index (κ1) is 21.1. The molecule has 2 aromatic rings. The average Bonchev–Trinajstić information content (AvgIpc) is 3.02. The highest BCUT2D eigenvalue weighted by Gasteiger charge is 2.76. The van der Waals surface area contributed by atoms with Crippen LogP contribution in [0.5, 0.6) is 5.75 Å². The number of hydrazone groups is 1. The van der Waals surface area contributed by atoms with Gasteiger partial charge in [0.15, 0.2) is 5.78 Å². The number of aryl methyl sites for hydroxylation is 1. The SMILES string of the molecule is COc1ccc(C)cc1NC(=O)C12CCC(C)(C(=NNc3ccccc3)C1=O)C2(C)C. The van der Waals surface area contributed by atoms with Crippen LogP contribution in [0.4, 0.5) is 11.4 Å². The number of nitrogens with one attached hydrogen (secondary N) is 2. The standard InChI is InChI=1S/C25H29N3O3/c1-16-11-12-19(31-5)18(15-16)26-22(30)25-14-13-24(4,23(25,2)3)20(21(25)29)28-27-17-9-7-6-8-10-17/h6-12,15,27H,13-14H2,1-5H3,(H,26,30). The summed E-state index contributed by atoms with van der Waals surface area (Å²) in [5.41, 5.74) is 3.57. The molecule has 2 aliphatic carbocycles. The lowest BCUT2D eigenvalue weighted by Gasteiger charge is -2.37. The highest BCUT2D eigenvalue weighted by atomic mass is 16.5. The number of amides is 1. The van der Waals surface area contributed by atoms with E-state index >= 15 is 0 Å². The molecule has 6 heteroatoms. The molecule has 2 N–H and O–H groups in total. The number of para-hydroxylation sites is 1. The molecule has 2 aliphatic rings. The molecule has 1 amide bonds. The van der Waals surface area contributed by atoms with Crippen LogP contribution in [0.1, 0.15) is 39.2 Å². The number of hydrogen-bond donors (Lipinski definition) is 2. The quantitative estimate of drug-likeness (QED) is 0.539. The van der Waals surface area contributed by atoms with Gasteiger partial charge in [0, 0.05) is 5.41 Å². The molecular weight excluding hydrogens is 390 g/mol. The first-order valence-electron chi connectivity index (χ1n) is 10.6. The number of methoxy groups -OCH3 is 1. The van der Waals surface area contributed by atoms with Crippen LogP contribution in [0.25, 0.3) is 0 Å². The molecule has 31 heavy (non-hydrogen) atoms. The third-order valence-corrected chi connectivity index (χ3v) is 7.63. The lowest BCUT2D eigenvalue weighted by Crippen LogP contribution is -2.47. The lowest BCUT2D eigenvalue weighted by atomic mass is 9.64. The first-order chi connectivity index (χ1) is 14.7. The van der Waals surface area contributed by atoms with E-state index in [1.165, 1.54) is 0 Å².